The first-order chi connectivity index (χ1) is 8.93. The third-order valence-electron chi connectivity index (χ3n) is 3.16. The summed E-state index contributed by atoms with van der Waals surface area (Å²) >= 11 is 0. The molecule has 4 heteroatoms. The van der Waals surface area contributed by atoms with Crippen LogP contribution < -0.4 is 9.26 Å². The van der Waals surface area contributed by atoms with Gasteiger partial charge in [-0.05, 0) is 0 Å². The maximum absolute atomic E-state index is 6.28. The summed E-state index contributed by atoms with van der Waals surface area (Å²) in [6, 6.07) is 7.73. The molecule has 0 aliphatic carbocycles. The van der Waals surface area contributed by atoms with Gasteiger partial charge in [0.2, 0.25) is 0 Å². The van der Waals surface area contributed by atoms with Crippen LogP contribution >= 0.6 is 7.72 Å². The zero-order valence-corrected chi connectivity index (χ0v) is 13.9. The summed E-state index contributed by atoms with van der Waals surface area (Å²) in [7, 11) is -0.556. The maximum atomic E-state index is 6.28. The van der Waals surface area contributed by atoms with Gasteiger partial charge in [-0.15, -0.1) is 0 Å². The fourth-order valence-corrected chi connectivity index (χ4v) is 5.10. The molecule has 0 heterocycles. The first kappa shape index (κ1) is 16.3. The van der Waals surface area contributed by atoms with E-state index in [0.29, 0.717) is 5.66 Å². The van der Waals surface area contributed by atoms with Crippen molar-refractivity contribution in [3.63, 3.8) is 0 Å². The molecule has 19 heavy (non-hydrogen) atoms. The molecule has 0 saturated carbocycles. The van der Waals surface area contributed by atoms with Crippen LogP contribution in [0.5, 0.6) is 11.5 Å². The Bertz CT molecular complexity index is 375. The molecule has 1 aromatic carbocycles. The quantitative estimate of drug-likeness (QED) is 0.690. The van der Waals surface area contributed by atoms with E-state index in [2.05, 4.69) is 34.6 Å². The van der Waals surface area contributed by atoms with Gasteiger partial charge in [0.15, 0.2) is 0 Å². The Kier molecular flexibility index (Phi) is 6.09. The standard InChI is InChI=1S/C15H27O3P/c1-7-19(13(4)5,17-12(2)3)18-15-10-8-14(16-6)9-11-15/h8-13,19H,7H2,1-6H3. The Hall–Kier alpha value is -0.790. The van der Waals surface area contributed by atoms with Crippen LogP contribution in [0.1, 0.15) is 34.6 Å². The van der Waals surface area contributed by atoms with Crippen molar-refractivity contribution in [2.75, 3.05) is 13.3 Å². The van der Waals surface area contributed by atoms with Crippen LogP contribution in [0.4, 0.5) is 0 Å². The second kappa shape index (κ2) is 7.12. The number of hydrogen-bond acceptors (Lipinski definition) is 3. The van der Waals surface area contributed by atoms with Crippen LogP contribution in [0.25, 0.3) is 0 Å². The predicted molar refractivity (Wildman–Crippen MR) is 83.8 cm³/mol. The van der Waals surface area contributed by atoms with Gasteiger partial charge in [-0.3, -0.25) is 0 Å². The van der Waals surface area contributed by atoms with Crippen molar-refractivity contribution in [3.05, 3.63) is 24.3 Å². The third-order valence-corrected chi connectivity index (χ3v) is 7.35. The minimum absolute atomic E-state index is 0.187. The Morgan fingerprint density at radius 1 is 1.00 bits per heavy atom. The van der Waals surface area contributed by atoms with Crippen LogP contribution in [0.3, 0.4) is 0 Å². The summed E-state index contributed by atoms with van der Waals surface area (Å²) in [5.41, 5.74) is 0.405. The number of rotatable bonds is 7. The van der Waals surface area contributed by atoms with Crippen molar-refractivity contribution in [2.24, 2.45) is 0 Å². The van der Waals surface area contributed by atoms with Crippen LogP contribution in [-0.4, -0.2) is 25.0 Å². The molecule has 0 N–H and O–H groups in total. The summed E-state index contributed by atoms with van der Waals surface area (Å²) in [5.74, 6) is 1.70. The van der Waals surface area contributed by atoms with Crippen molar-refractivity contribution in [3.8, 4) is 11.5 Å². The summed E-state index contributed by atoms with van der Waals surface area (Å²) in [5, 5.41) is 0. The molecule has 0 fully saturated rings. The van der Waals surface area contributed by atoms with Crippen molar-refractivity contribution >= 4 is 7.72 Å². The topological polar surface area (TPSA) is 27.7 Å². The molecule has 3 nitrogen and oxygen atoms in total. The normalized spacial score (nSPS) is 12.8. The molecule has 0 amide bonds. The van der Waals surface area contributed by atoms with E-state index >= 15 is 0 Å². The SMILES string of the molecule is CC[PH](Oc1ccc(OC)cc1)(OC(C)C)C(C)C. The van der Waals surface area contributed by atoms with Crippen molar-refractivity contribution in [2.45, 2.75) is 46.4 Å². The summed E-state index contributed by atoms with van der Waals surface area (Å²) in [4.78, 5) is 0. The van der Waals surface area contributed by atoms with Crippen molar-refractivity contribution < 1.29 is 13.8 Å². The van der Waals surface area contributed by atoms with E-state index in [9.17, 15) is 0 Å². The Morgan fingerprint density at radius 2 is 1.53 bits per heavy atom. The molecule has 0 bridgehead atoms. The molecule has 0 aliphatic rings. The molecular formula is C15H27O3P. The fraction of sp³-hybridized carbons (Fsp3) is 0.600. The molecule has 0 aromatic heterocycles. The van der Waals surface area contributed by atoms with Gasteiger partial charge in [-0.25, -0.2) is 0 Å². The van der Waals surface area contributed by atoms with Gasteiger partial charge in [0.25, 0.3) is 0 Å². The number of methoxy groups -OCH3 is 1. The Morgan fingerprint density at radius 3 is 1.89 bits per heavy atom. The molecule has 0 spiro atoms. The third kappa shape index (κ3) is 4.36. The van der Waals surface area contributed by atoms with Gasteiger partial charge in [0, 0.05) is 0 Å². The first-order valence-corrected chi connectivity index (χ1v) is 9.04. The van der Waals surface area contributed by atoms with Crippen molar-refractivity contribution in [1.29, 1.82) is 0 Å². The van der Waals surface area contributed by atoms with Crippen LogP contribution in [0, 0.1) is 0 Å². The second-order valence-electron chi connectivity index (χ2n) is 5.26. The minimum atomic E-state index is -2.22. The zero-order chi connectivity index (χ0) is 14.5. The monoisotopic (exact) mass is 286 g/mol. The summed E-state index contributed by atoms with van der Waals surface area (Å²) in [6.07, 6.45) is 1.13. The molecule has 0 saturated heterocycles. The molecule has 0 atom stereocenters. The molecule has 0 unspecified atom stereocenters. The van der Waals surface area contributed by atoms with E-state index in [4.69, 9.17) is 13.8 Å². The summed E-state index contributed by atoms with van der Waals surface area (Å²) < 4.78 is 17.6. The molecule has 110 valence electrons. The zero-order valence-electron chi connectivity index (χ0n) is 12.9. The van der Waals surface area contributed by atoms with Crippen molar-refractivity contribution in [1.82, 2.24) is 0 Å². The van der Waals surface area contributed by atoms with Gasteiger partial charge in [0.1, 0.15) is 0 Å². The molecule has 0 radical (unpaired) electrons. The van der Waals surface area contributed by atoms with Gasteiger partial charge in [-0.2, -0.15) is 0 Å². The summed E-state index contributed by atoms with van der Waals surface area (Å²) in [6.45, 7) is 10.6. The fourth-order valence-electron chi connectivity index (χ4n) is 2.08. The number of hydrogen-bond donors (Lipinski definition) is 0. The number of ether oxygens (including phenoxy) is 1. The van der Waals surface area contributed by atoms with E-state index in [0.717, 1.165) is 17.7 Å². The molecule has 0 aliphatic heterocycles. The van der Waals surface area contributed by atoms with Gasteiger partial charge in [-0.1, -0.05) is 0 Å². The predicted octanol–water partition coefficient (Wildman–Crippen LogP) is 4.51. The van der Waals surface area contributed by atoms with Crippen LogP contribution in [-0.2, 0) is 4.52 Å². The van der Waals surface area contributed by atoms with E-state index in [1.54, 1.807) is 7.11 Å². The first-order valence-electron chi connectivity index (χ1n) is 6.94. The van der Waals surface area contributed by atoms with Gasteiger partial charge in [0.05, 0.1) is 0 Å². The van der Waals surface area contributed by atoms with E-state index < -0.39 is 7.72 Å². The molecular weight excluding hydrogens is 259 g/mol. The van der Waals surface area contributed by atoms with E-state index in [1.165, 1.54) is 0 Å². The Labute approximate surface area is 117 Å². The van der Waals surface area contributed by atoms with Gasteiger partial charge < -0.3 is 0 Å². The molecule has 1 rings (SSSR count). The van der Waals surface area contributed by atoms with Crippen LogP contribution in [0.15, 0.2) is 24.3 Å². The van der Waals surface area contributed by atoms with Gasteiger partial charge >= 0.3 is 117 Å². The average Bonchev–Trinajstić information content (AvgIpc) is 2.38. The second-order valence-corrected chi connectivity index (χ2v) is 9.19. The molecule has 1 aromatic rings. The number of benzene rings is 1. The average molecular weight is 286 g/mol. The van der Waals surface area contributed by atoms with E-state index in [-0.39, 0.29) is 6.10 Å². The Balaban J connectivity index is 2.92. The van der Waals surface area contributed by atoms with E-state index in [1.807, 2.05) is 24.3 Å². The van der Waals surface area contributed by atoms with Crippen LogP contribution in [0.2, 0.25) is 0 Å².